The molecule has 3 aromatic heterocycles. The minimum absolute atomic E-state index is 0.289. The summed E-state index contributed by atoms with van der Waals surface area (Å²) in [5, 5.41) is 6.73. The molecule has 2 unspecified atom stereocenters. The van der Waals surface area contributed by atoms with Gasteiger partial charge < -0.3 is 15.4 Å². The number of fused-ring (bicyclic) bond motifs is 1. The average Bonchev–Trinajstić information content (AvgIpc) is 3.11. The van der Waals surface area contributed by atoms with Gasteiger partial charge in [-0.05, 0) is 24.3 Å². The van der Waals surface area contributed by atoms with E-state index in [-0.39, 0.29) is 6.04 Å². The minimum Gasteiger partial charge on any atom is -0.381 e. The van der Waals surface area contributed by atoms with E-state index < -0.39 is 5.95 Å². The van der Waals surface area contributed by atoms with Gasteiger partial charge in [0, 0.05) is 17.9 Å². The molecule has 28 heavy (non-hydrogen) atoms. The highest BCUT2D eigenvalue weighted by Crippen LogP contribution is 2.45. The molecule has 0 aromatic carbocycles. The van der Waals surface area contributed by atoms with Gasteiger partial charge in [0.25, 0.3) is 0 Å². The van der Waals surface area contributed by atoms with Crippen molar-refractivity contribution in [2.45, 2.75) is 6.04 Å². The van der Waals surface area contributed by atoms with Crippen molar-refractivity contribution in [2.24, 2.45) is 11.8 Å². The van der Waals surface area contributed by atoms with Crippen LogP contribution in [-0.4, -0.2) is 44.2 Å². The summed E-state index contributed by atoms with van der Waals surface area (Å²) in [5.41, 5.74) is 1.08. The predicted molar refractivity (Wildman–Crippen MR) is 101 cm³/mol. The fraction of sp³-hybridized carbons (Fsp3) is 0.278. The molecule has 5 rings (SSSR count). The van der Waals surface area contributed by atoms with Crippen LogP contribution in [0.15, 0.2) is 36.5 Å². The van der Waals surface area contributed by atoms with Gasteiger partial charge in [0.05, 0.1) is 25.1 Å². The quantitative estimate of drug-likeness (QED) is 0.632. The van der Waals surface area contributed by atoms with Crippen LogP contribution in [0.1, 0.15) is 0 Å². The van der Waals surface area contributed by atoms with Crippen LogP contribution < -0.4 is 10.6 Å². The van der Waals surface area contributed by atoms with Gasteiger partial charge in [0.1, 0.15) is 10.8 Å². The Morgan fingerprint density at radius 3 is 2.57 bits per heavy atom. The maximum atomic E-state index is 13.1. The van der Waals surface area contributed by atoms with Crippen molar-refractivity contribution in [3.63, 3.8) is 0 Å². The van der Waals surface area contributed by atoms with Crippen molar-refractivity contribution in [3.8, 4) is 11.5 Å². The summed E-state index contributed by atoms with van der Waals surface area (Å²) in [6.45, 7) is 1.50. The lowest BCUT2D eigenvalue weighted by atomic mass is 10.3. The molecule has 2 N–H and O–H groups in total. The first-order valence-corrected chi connectivity index (χ1v) is 9.15. The fourth-order valence-corrected chi connectivity index (χ4v) is 3.49. The van der Waals surface area contributed by atoms with Gasteiger partial charge in [0.15, 0.2) is 5.82 Å². The summed E-state index contributed by atoms with van der Waals surface area (Å²) in [5.74, 6) is 1.52. The van der Waals surface area contributed by atoms with E-state index in [1.165, 1.54) is 12.3 Å². The number of hydrogen-bond acceptors (Lipinski definition) is 8. The fourth-order valence-electron chi connectivity index (χ4n) is 3.33. The first-order chi connectivity index (χ1) is 13.7. The lowest BCUT2D eigenvalue weighted by molar-refractivity contribution is 0.162. The number of nitrogens with zero attached hydrogens (tertiary/aromatic N) is 5. The molecule has 3 aromatic rings. The largest absolute Gasteiger partial charge is 0.381 e. The second-order valence-corrected chi connectivity index (χ2v) is 7.07. The van der Waals surface area contributed by atoms with Gasteiger partial charge >= 0.3 is 0 Å². The second-order valence-electron chi connectivity index (χ2n) is 6.68. The normalized spacial score (nSPS) is 22.6. The predicted octanol–water partition coefficient (Wildman–Crippen LogP) is 2.92. The standard InChI is InChI=1S/C18H15ClFN7O/c19-13-3-1-2-12(23-13)16-25-17(22-9-4-5-14(20)21-6-9)27-18(26-16)24-15-10-7-28-8-11(10)15/h1-6,10-11,15H,7-8H2,(H2,22,24,25,26,27). The third kappa shape index (κ3) is 3.46. The van der Waals surface area contributed by atoms with Crippen LogP contribution in [0.5, 0.6) is 0 Å². The molecule has 1 saturated heterocycles. The number of hydrogen-bond donors (Lipinski definition) is 2. The van der Waals surface area contributed by atoms with Crippen LogP contribution >= 0.6 is 11.6 Å². The van der Waals surface area contributed by atoms with Gasteiger partial charge in [0.2, 0.25) is 17.8 Å². The molecule has 2 aliphatic rings. The molecule has 8 nitrogen and oxygen atoms in total. The van der Waals surface area contributed by atoms with E-state index in [1.807, 2.05) is 0 Å². The van der Waals surface area contributed by atoms with E-state index >= 15 is 0 Å². The molecule has 2 fully saturated rings. The number of halogens is 2. The molecule has 0 spiro atoms. The monoisotopic (exact) mass is 399 g/mol. The average molecular weight is 400 g/mol. The molecule has 0 radical (unpaired) electrons. The van der Waals surface area contributed by atoms with Gasteiger partial charge in [-0.15, -0.1) is 0 Å². The number of nitrogens with one attached hydrogen (secondary N) is 2. The van der Waals surface area contributed by atoms with E-state index in [2.05, 4.69) is 35.6 Å². The van der Waals surface area contributed by atoms with Gasteiger partial charge in [-0.1, -0.05) is 17.7 Å². The molecule has 0 amide bonds. The van der Waals surface area contributed by atoms with Gasteiger partial charge in [-0.25, -0.2) is 9.97 Å². The van der Waals surface area contributed by atoms with Crippen molar-refractivity contribution in [1.29, 1.82) is 0 Å². The van der Waals surface area contributed by atoms with E-state index in [4.69, 9.17) is 16.3 Å². The Labute approximate surface area is 164 Å². The first-order valence-electron chi connectivity index (χ1n) is 8.77. The van der Waals surface area contributed by atoms with Crippen LogP contribution in [0.25, 0.3) is 11.5 Å². The van der Waals surface area contributed by atoms with Gasteiger partial charge in [-0.3, -0.25) is 0 Å². The topological polar surface area (TPSA) is 97.7 Å². The molecular formula is C18H15ClFN7O. The van der Waals surface area contributed by atoms with E-state index in [0.29, 0.717) is 46.1 Å². The molecule has 10 heteroatoms. The summed E-state index contributed by atoms with van der Waals surface area (Å²) in [6.07, 6.45) is 1.37. The molecule has 142 valence electrons. The molecule has 0 bridgehead atoms. The van der Waals surface area contributed by atoms with E-state index in [9.17, 15) is 4.39 Å². The highest BCUT2D eigenvalue weighted by molar-refractivity contribution is 6.29. The molecule has 1 saturated carbocycles. The maximum Gasteiger partial charge on any atom is 0.232 e. The maximum absolute atomic E-state index is 13.1. The minimum atomic E-state index is -0.560. The van der Waals surface area contributed by atoms with Gasteiger partial charge in [-0.2, -0.15) is 19.3 Å². The highest BCUT2D eigenvalue weighted by atomic mass is 35.5. The van der Waals surface area contributed by atoms with Crippen LogP contribution in [0, 0.1) is 17.8 Å². The lowest BCUT2D eigenvalue weighted by Crippen LogP contribution is -2.16. The smallest absolute Gasteiger partial charge is 0.232 e. The number of ether oxygens (including phenoxy) is 1. The number of aromatic nitrogens is 5. The third-order valence-corrected chi connectivity index (χ3v) is 5.02. The number of rotatable bonds is 5. The van der Waals surface area contributed by atoms with Crippen molar-refractivity contribution in [1.82, 2.24) is 24.9 Å². The molecule has 4 heterocycles. The van der Waals surface area contributed by atoms with Crippen molar-refractivity contribution in [2.75, 3.05) is 23.8 Å². The van der Waals surface area contributed by atoms with Crippen LogP contribution in [0.4, 0.5) is 22.0 Å². The zero-order valence-electron chi connectivity index (χ0n) is 14.5. The Balaban J connectivity index is 1.47. The number of anilines is 3. The van der Waals surface area contributed by atoms with Crippen molar-refractivity contribution >= 4 is 29.2 Å². The molecule has 2 atom stereocenters. The Morgan fingerprint density at radius 1 is 1.00 bits per heavy atom. The Bertz CT molecular complexity index is 1010. The molecule has 1 aliphatic heterocycles. The third-order valence-electron chi connectivity index (χ3n) is 4.81. The summed E-state index contributed by atoms with van der Waals surface area (Å²) < 4.78 is 18.5. The zero-order chi connectivity index (χ0) is 19.1. The SMILES string of the molecule is Fc1ccc(Nc2nc(NC3C4COCC43)nc(-c3cccc(Cl)n3)n2)cn1. The summed E-state index contributed by atoms with van der Waals surface area (Å²) >= 11 is 6.01. The summed E-state index contributed by atoms with van der Waals surface area (Å²) in [6, 6.07) is 8.33. The lowest BCUT2D eigenvalue weighted by Gasteiger charge is -2.11. The summed E-state index contributed by atoms with van der Waals surface area (Å²) in [7, 11) is 0. The van der Waals surface area contributed by atoms with Crippen LogP contribution in [0.2, 0.25) is 5.15 Å². The zero-order valence-corrected chi connectivity index (χ0v) is 15.3. The van der Waals surface area contributed by atoms with Crippen LogP contribution in [-0.2, 0) is 4.74 Å². The second kappa shape index (κ2) is 6.92. The first kappa shape index (κ1) is 17.2. The van der Waals surface area contributed by atoms with Crippen LogP contribution in [0.3, 0.4) is 0 Å². The number of pyridine rings is 2. The Hall–Kier alpha value is -2.91. The Kier molecular flexibility index (Phi) is 4.25. The van der Waals surface area contributed by atoms with Crippen molar-refractivity contribution < 1.29 is 9.13 Å². The Morgan fingerprint density at radius 2 is 1.82 bits per heavy atom. The molecule has 1 aliphatic carbocycles. The van der Waals surface area contributed by atoms with E-state index in [1.54, 1.807) is 24.3 Å². The highest BCUT2D eigenvalue weighted by Gasteiger charge is 2.54. The van der Waals surface area contributed by atoms with E-state index in [0.717, 1.165) is 13.2 Å². The summed E-state index contributed by atoms with van der Waals surface area (Å²) in [4.78, 5) is 21.3. The van der Waals surface area contributed by atoms with Crippen molar-refractivity contribution in [3.05, 3.63) is 47.6 Å². The molecular weight excluding hydrogens is 385 g/mol.